The van der Waals surface area contributed by atoms with Gasteiger partial charge in [0.2, 0.25) is 0 Å². The molecule has 0 aromatic heterocycles. The average Bonchev–Trinajstić information content (AvgIpc) is 3.11. The van der Waals surface area contributed by atoms with Crippen LogP contribution in [0, 0.1) is 32.8 Å². The third-order valence-corrected chi connectivity index (χ3v) is 8.11. The summed E-state index contributed by atoms with van der Waals surface area (Å²) in [6.45, 7) is 10.8. The van der Waals surface area contributed by atoms with Gasteiger partial charge in [-0.3, -0.25) is 10.1 Å². The molecule has 2 aliphatic heterocycles. The molecule has 4 rings (SSSR count). The van der Waals surface area contributed by atoms with E-state index >= 15 is 0 Å². The topological polar surface area (TPSA) is 64.8 Å². The molecule has 0 spiro atoms. The maximum absolute atomic E-state index is 11.8. The Morgan fingerprint density at radius 3 is 2.62 bits per heavy atom. The Bertz CT molecular complexity index is 567. The first-order valence-corrected chi connectivity index (χ1v) is 9.46. The van der Waals surface area contributed by atoms with Crippen molar-refractivity contribution in [2.45, 2.75) is 90.8 Å². The molecule has 0 radical (unpaired) electrons. The maximum Gasteiger partial charge on any atom is 0.343 e. The Kier molecular flexibility index (Phi) is 3.43. The number of ether oxygens (including phenoxy) is 1. The van der Waals surface area contributed by atoms with Crippen LogP contribution in [0.5, 0.6) is 0 Å². The van der Waals surface area contributed by atoms with Crippen molar-refractivity contribution in [3.05, 3.63) is 10.1 Å². The van der Waals surface area contributed by atoms with Gasteiger partial charge in [0.15, 0.2) is 0 Å². The predicted octanol–water partition coefficient (Wildman–Crippen LogP) is 3.58. The van der Waals surface area contributed by atoms with Gasteiger partial charge in [-0.05, 0) is 30.6 Å². The van der Waals surface area contributed by atoms with E-state index in [9.17, 15) is 10.1 Å². The summed E-state index contributed by atoms with van der Waals surface area (Å²) in [5.41, 5.74) is -1.04. The van der Waals surface area contributed by atoms with Crippen LogP contribution in [-0.4, -0.2) is 34.1 Å². The first-order chi connectivity index (χ1) is 11.2. The molecule has 0 unspecified atom stereocenters. The van der Waals surface area contributed by atoms with Crippen LogP contribution in [0.3, 0.4) is 0 Å². The molecule has 2 heterocycles. The first-order valence-electron chi connectivity index (χ1n) is 9.46. The van der Waals surface area contributed by atoms with Crippen molar-refractivity contribution in [3.8, 4) is 0 Å². The average molecular weight is 338 g/mol. The van der Waals surface area contributed by atoms with Crippen LogP contribution in [0.15, 0.2) is 0 Å². The lowest BCUT2D eigenvalue weighted by atomic mass is 9.70. The molecule has 6 heteroatoms. The second-order valence-electron chi connectivity index (χ2n) is 9.23. The molecule has 2 aliphatic carbocycles. The molecule has 0 aromatic carbocycles. The van der Waals surface area contributed by atoms with Crippen LogP contribution in [0.25, 0.3) is 0 Å². The summed E-state index contributed by atoms with van der Waals surface area (Å²) < 4.78 is 6.53. The number of hydrogen-bond acceptors (Lipinski definition) is 5. The molecule has 24 heavy (non-hydrogen) atoms. The normalized spacial score (nSPS) is 51.8. The second kappa shape index (κ2) is 4.92. The highest BCUT2D eigenvalue weighted by atomic mass is 16.8. The molecule has 4 fully saturated rings. The van der Waals surface area contributed by atoms with E-state index in [-0.39, 0.29) is 40.0 Å². The summed E-state index contributed by atoms with van der Waals surface area (Å²) in [6, 6.07) is 0.162. The van der Waals surface area contributed by atoms with Gasteiger partial charge in [0.1, 0.15) is 6.23 Å². The van der Waals surface area contributed by atoms with Gasteiger partial charge in [-0.25, -0.2) is 4.84 Å². The minimum atomic E-state index is -1.36. The van der Waals surface area contributed by atoms with Crippen molar-refractivity contribution in [1.29, 1.82) is 0 Å². The molecule has 2 saturated carbocycles. The molecule has 7 atom stereocenters. The van der Waals surface area contributed by atoms with Gasteiger partial charge in [0.05, 0.1) is 23.0 Å². The van der Waals surface area contributed by atoms with Gasteiger partial charge in [-0.2, -0.15) is 0 Å². The lowest BCUT2D eigenvalue weighted by Crippen LogP contribution is -2.47. The number of nitrogens with zero attached hydrogens (tertiary/aromatic N) is 2. The molecule has 2 saturated heterocycles. The number of fused-ring (bicyclic) bond motifs is 7. The standard InChI is InChI=1S/C18H30N2O4/c1-6-7-8-12-15-19(24-18(12,5)20(21)22)13-11-9-10-17(4,14(13)23-15)16(11,2)3/h11-15H,6-10H2,1-5H3/t11-,12+,13-,14-,15+,17+,18+/m1/s1. The van der Waals surface area contributed by atoms with E-state index in [2.05, 4.69) is 27.7 Å². The molecule has 4 aliphatic rings. The fourth-order valence-electron chi connectivity index (χ4n) is 6.11. The Morgan fingerprint density at radius 2 is 2.00 bits per heavy atom. The van der Waals surface area contributed by atoms with E-state index in [4.69, 9.17) is 9.57 Å². The van der Waals surface area contributed by atoms with E-state index in [0.29, 0.717) is 5.92 Å². The van der Waals surface area contributed by atoms with Gasteiger partial charge >= 0.3 is 5.72 Å². The molecule has 136 valence electrons. The zero-order valence-electron chi connectivity index (χ0n) is 15.4. The number of unbranched alkanes of at least 4 members (excludes halogenated alkanes) is 1. The molecular weight excluding hydrogens is 308 g/mol. The van der Waals surface area contributed by atoms with E-state index in [0.717, 1.165) is 25.7 Å². The summed E-state index contributed by atoms with van der Waals surface area (Å²) in [5.74, 6) is 0.280. The minimum Gasteiger partial charge on any atom is -0.355 e. The summed E-state index contributed by atoms with van der Waals surface area (Å²) in [7, 11) is 0. The van der Waals surface area contributed by atoms with Crippen molar-refractivity contribution >= 4 is 0 Å². The maximum atomic E-state index is 11.8. The Balaban J connectivity index is 1.68. The van der Waals surface area contributed by atoms with Crippen LogP contribution in [0.1, 0.15) is 66.7 Å². The van der Waals surface area contributed by atoms with E-state index in [1.165, 1.54) is 6.42 Å². The fraction of sp³-hybridized carbons (Fsp3) is 1.00. The number of hydrogen-bond donors (Lipinski definition) is 0. The number of nitro groups is 1. The van der Waals surface area contributed by atoms with E-state index in [1.54, 1.807) is 6.92 Å². The molecule has 0 amide bonds. The molecule has 0 aromatic rings. The van der Waals surface area contributed by atoms with Gasteiger partial charge in [-0.1, -0.05) is 40.5 Å². The van der Waals surface area contributed by atoms with Crippen molar-refractivity contribution in [2.75, 3.05) is 0 Å². The summed E-state index contributed by atoms with van der Waals surface area (Å²) in [6.07, 6.45) is 4.98. The van der Waals surface area contributed by atoms with Crippen molar-refractivity contribution in [3.63, 3.8) is 0 Å². The summed E-state index contributed by atoms with van der Waals surface area (Å²) >= 11 is 0. The van der Waals surface area contributed by atoms with Gasteiger partial charge in [0.25, 0.3) is 0 Å². The Hall–Kier alpha value is -0.720. The zero-order chi connectivity index (χ0) is 17.5. The van der Waals surface area contributed by atoms with Crippen LogP contribution >= 0.6 is 0 Å². The SMILES string of the molecule is CCCC[C@H]1[C@@H]2O[C@@H]3[C@@H]([C@H]4CC[C@]3(C)C4(C)C)N2O[C@]1(C)[N+](=O)[O-]. The summed E-state index contributed by atoms with van der Waals surface area (Å²) in [4.78, 5) is 17.6. The summed E-state index contributed by atoms with van der Waals surface area (Å²) in [5, 5.41) is 13.7. The fourth-order valence-corrected chi connectivity index (χ4v) is 6.11. The monoisotopic (exact) mass is 338 g/mol. The number of hydroxylamine groups is 2. The third kappa shape index (κ3) is 1.72. The van der Waals surface area contributed by atoms with Crippen LogP contribution in [-0.2, 0) is 9.57 Å². The molecular formula is C18H30N2O4. The highest BCUT2D eigenvalue weighted by Gasteiger charge is 2.76. The zero-order valence-corrected chi connectivity index (χ0v) is 15.4. The van der Waals surface area contributed by atoms with Gasteiger partial charge in [-0.15, -0.1) is 5.06 Å². The molecule has 6 nitrogen and oxygen atoms in total. The van der Waals surface area contributed by atoms with Gasteiger partial charge in [0, 0.05) is 12.3 Å². The quantitative estimate of drug-likeness (QED) is 0.579. The molecule has 2 bridgehead atoms. The lowest BCUT2D eigenvalue weighted by molar-refractivity contribution is -0.642. The Morgan fingerprint density at radius 1 is 1.29 bits per heavy atom. The van der Waals surface area contributed by atoms with Crippen molar-refractivity contribution in [1.82, 2.24) is 5.06 Å². The highest BCUT2D eigenvalue weighted by molar-refractivity contribution is 5.20. The van der Waals surface area contributed by atoms with E-state index in [1.807, 2.05) is 5.06 Å². The van der Waals surface area contributed by atoms with Crippen LogP contribution in [0.4, 0.5) is 0 Å². The predicted molar refractivity (Wildman–Crippen MR) is 88.4 cm³/mol. The third-order valence-electron chi connectivity index (χ3n) is 8.11. The lowest BCUT2D eigenvalue weighted by Gasteiger charge is -2.38. The highest BCUT2D eigenvalue weighted by Crippen LogP contribution is 2.70. The Labute approximate surface area is 144 Å². The van der Waals surface area contributed by atoms with Crippen molar-refractivity contribution in [2.24, 2.45) is 22.7 Å². The minimum absolute atomic E-state index is 0.135. The van der Waals surface area contributed by atoms with Crippen LogP contribution < -0.4 is 0 Å². The smallest absolute Gasteiger partial charge is 0.343 e. The number of rotatable bonds is 4. The second-order valence-corrected chi connectivity index (χ2v) is 9.23. The first kappa shape index (κ1) is 16.7. The van der Waals surface area contributed by atoms with Crippen LogP contribution in [0.2, 0.25) is 0 Å². The largest absolute Gasteiger partial charge is 0.355 e. The molecule has 0 N–H and O–H groups in total. The van der Waals surface area contributed by atoms with E-state index < -0.39 is 5.72 Å². The van der Waals surface area contributed by atoms with Crippen molar-refractivity contribution < 1.29 is 14.5 Å². The van der Waals surface area contributed by atoms with Gasteiger partial charge < -0.3 is 4.74 Å².